The van der Waals surface area contributed by atoms with Crippen LogP contribution in [0.2, 0.25) is 0 Å². The van der Waals surface area contributed by atoms with Crippen LogP contribution in [-0.2, 0) is 19.1 Å². The Morgan fingerprint density at radius 1 is 0.805 bits per heavy atom. The average molecular weight is 587 g/mol. The van der Waals surface area contributed by atoms with Crippen LogP contribution >= 0.6 is 0 Å². The normalized spacial score (nSPS) is 16.1. The number of carbonyl (C=O) groups is 4. The molecule has 0 heterocycles. The van der Waals surface area contributed by atoms with Crippen molar-refractivity contribution in [1.82, 2.24) is 21.3 Å². The summed E-state index contributed by atoms with van der Waals surface area (Å²) in [4.78, 5) is 51.8. The van der Waals surface area contributed by atoms with Crippen LogP contribution in [0.4, 0.5) is 4.79 Å². The van der Waals surface area contributed by atoms with Gasteiger partial charge in [0.2, 0.25) is 17.7 Å². The number of alkyl carbamates (subject to hydrolysis) is 1. The van der Waals surface area contributed by atoms with Crippen LogP contribution in [0.15, 0.2) is 0 Å². The maximum atomic E-state index is 13.5. The van der Waals surface area contributed by atoms with Gasteiger partial charge < -0.3 is 36.2 Å². The number of hydrogen-bond donors (Lipinski definition) is 6. The molecule has 11 nitrogen and oxygen atoms in total. The summed E-state index contributed by atoms with van der Waals surface area (Å²) in [5, 5.41) is 30.9. The number of ether oxygens (including phenoxy) is 1. The van der Waals surface area contributed by atoms with Gasteiger partial charge in [0.05, 0.1) is 18.6 Å². The van der Waals surface area contributed by atoms with E-state index in [0.29, 0.717) is 32.2 Å². The van der Waals surface area contributed by atoms with Crippen LogP contribution in [0.3, 0.4) is 0 Å². The summed E-state index contributed by atoms with van der Waals surface area (Å²) in [5.41, 5.74) is -0.733. The van der Waals surface area contributed by atoms with Crippen molar-refractivity contribution >= 4 is 23.8 Å². The number of unbranched alkanes of at least 4 members (excludes halogenated alkanes) is 2. The zero-order valence-corrected chi connectivity index (χ0v) is 26.8. The second-order valence-corrected chi connectivity index (χ2v) is 12.5. The number of aliphatic hydroxyl groups excluding tert-OH is 2. The van der Waals surface area contributed by atoms with Gasteiger partial charge >= 0.3 is 6.09 Å². The van der Waals surface area contributed by atoms with Crippen LogP contribution < -0.4 is 21.3 Å². The lowest BCUT2D eigenvalue weighted by Gasteiger charge is -2.32. The van der Waals surface area contributed by atoms with Gasteiger partial charge in [-0.25, -0.2) is 4.79 Å². The number of rotatable bonds is 19. The lowest BCUT2D eigenvalue weighted by molar-refractivity contribution is -0.133. The smallest absolute Gasteiger partial charge is 0.408 e. The van der Waals surface area contributed by atoms with Gasteiger partial charge in [0.15, 0.2) is 0 Å². The topological polar surface area (TPSA) is 166 Å². The molecule has 0 aromatic heterocycles. The summed E-state index contributed by atoms with van der Waals surface area (Å²) >= 11 is 0. The van der Waals surface area contributed by atoms with E-state index in [1.165, 1.54) is 0 Å². The van der Waals surface area contributed by atoms with Gasteiger partial charge in [0.25, 0.3) is 0 Å². The van der Waals surface area contributed by atoms with Gasteiger partial charge in [-0.1, -0.05) is 54.4 Å². The highest BCUT2D eigenvalue weighted by Gasteiger charge is 2.35. The van der Waals surface area contributed by atoms with Crippen molar-refractivity contribution in [1.29, 1.82) is 0 Å². The molecule has 0 fully saturated rings. The number of nitrogens with one attached hydrogen (secondary N) is 4. The third-order valence-corrected chi connectivity index (χ3v) is 7.03. The predicted octanol–water partition coefficient (Wildman–Crippen LogP) is 3.02. The number of carbonyl (C=O) groups excluding carboxylic acids is 4. The lowest BCUT2D eigenvalue weighted by atomic mass is 9.93. The summed E-state index contributed by atoms with van der Waals surface area (Å²) in [5.74, 6) is -1.60. The van der Waals surface area contributed by atoms with Crippen molar-refractivity contribution in [3.63, 3.8) is 0 Å². The van der Waals surface area contributed by atoms with E-state index in [-0.39, 0.29) is 36.7 Å². The highest BCUT2D eigenvalue weighted by molar-refractivity contribution is 5.91. The Balaban J connectivity index is 5.61. The largest absolute Gasteiger partial charge is 0.444 e. The van der Waals surface area contributed by atoms with E-state index in [1.54, 1.807) is 20.8 Å². The summed E-state index contributed by atoms with van der Waals surface area (Å²) in [6, 6.07) is -2.52. The highest BCUT2D eigenvalue weighted by atomic mass is 16.6. The second-order valence-electron chi connectivity index (χ2n) is 12.5. The first-order valence-corrected chi connectivity index (χ1v) is 15.2. The maximum absolute atomic E-state index is 13.5. The molecule has 11 heteroatoms. The molecule has 0 aliphatic rings. The summed E-state index contributed by atoms with van der Waals surface area (Å²) in [6.07, 6.45) is 1.83. The van der Waals surface area contributed by atoms with Gasteiger partial charge in [-0.05, 0) is 64.2 Å². The van der Waals surface area contributed by atoms with E-state index in [1.807, 2.05) is 41.5 Å². The quantitative estimate of drug-likeness (QED) is 0.127. The molecule has 0 bridgehead atoms. The number of amides is 4. The van der Waals surface area contributed by atoms with E-state index in [0.717, 1.165) is 12.8 Å². The van der Waals surface area contributed by atoms with Crippen molar-refractivity contribution in [2.24, 2.45) is 17.8 Å². The summed E-state index contributed by atoms with van der Waals surface area (Å²) < 4.78 is 5.34. The lowest BCUT2D eigenvalue weighted by Crippen LogP contribution is -2.59. The van der Waals surface area contributed by atoms with Crippen molar-refractivity contribution in [3.8, 4) is 0 Å². The van der Waals surface area contributed by atoms with Gasteiger partial charge in [0.1, 0.15) is 17.7 Å². The standard InChI is InChI=1S/C30H58N4O7/c1-10-20(5)25(33-28(39)26(21(6)11-2)34-29(40)41-30(7,8)9)27(38)32-22(17-19(3)4)23(36)18-24(37)31-15-13-12-14-16-35/h19-23,25-26,35-36H,10-18H2,1-9H3,(H,31,37)(H,32,38)(H,33,39)(H,34,40)/t20-,21-,22-,23-,25-,26-/m0/s1. The number of hydrogen-bond acceptors (Lipinski definition) is 7. The Morgan fingerprint density at radius 3 is 1.83 bits per heavy atom. The Kier molecular flexibility index (Phi) is 18.5. The SMILES string of the molecule is CC[C@H](C)[C@H](NC(=O)OC(C)(C)C)C(=O)N[C@H](C(=O)N[C@@H](CC(C)C)[C@@H](O)CC(=O)NCCCCCO)[C@@H](C)CC. The molecule has 0 saturated carbocycles. The molecule has 240 valence electrons. The van der Waals surface area contributed by atoms with Gasteiger partial charge in [-0.15, -0.1) is 0 Å². The van der Waals surface area contributed by atoms with Gasteiger partial charge in [0, 0.05) is 13.2 Å². The molecule has 0 aliphatic heterocycles. The first-order chi connectivity index (χ1) is 19.1. The second kappa shape index (κ2) is 19.7. The van der Waals surface area contributed by atoms with E-state index < -0.39 is 47.7 Å². The molecule has 0 unspecified atom stereocenters. The van der Waals surface area contributed by atoms with E-state index >= 15 is 0 Å². The Labute approximate surface area is 247 Å². The fraction of sp³-hybridized carbons (Fsp3) is 0.867. The Hall–Kier alpha value is -2.40. The summed E-state index contributed by atoms with van der Waals surface area (Å²) in [6.45, 7) is 17.2. The molecular weight excluding hydrogens is 528 g/mol. The maximum Gasteiger partial charge on any atom is 0.408 e. The van der Waals surface area contributed by atoms with Crippen molar-refractivity contribution in [2.45, 2.75) is 137 Å². The van der Waals surface area contributed by atoms with Crippen LogP contribution in [0.5, 0.6) is 0 Å². The number of aliphatic hydroxyl groups is 2. The third kappa shape index (κ3) is 16.6. The fourth-order valence-electron chi connectivity index (χ4n) is 4.22. The van der Waals surface area contributed by atoms with Gasteiger partial charge in [-0.2, -0.15) is 0 Å². The third-order valence-electron chi connectivity index (χ3n) is 7.03. The zero-order chi connectivity index (χ0) is 31.8. The molecule has 0 saturated heterocycles. The molecule has 0 aromatic rings. The van der Waals surface area contributed by atoms with Crippen molar-refractivity contribution in [2.75, 3.05) is 13.2 Å². The van der Waals surface area contributed by atoms with Gasteiger partial charge in [-0.3, -0.25) is 14.4 Å². The molecule has 0 rings (SSSR count). The Morgan fingerprint density at radius 2 is 1.34 bits per heavy atom. The molecule has 41 heavy (non-hydrogen) atoms. The van der Waals surface area contributed by atoms with Crippen LogP contribution in [0, 0.1) is 17.8 Å². The minimum absolute atomic E-state index is 0.111. The molecule has 0 aromatic carbocycles. The monoisotopic (exact) mass is 586 g/mol. The van der Waals surface area contributed by atoms with Crippen molar-refractivity contribution < 1.29 is 34.1 Å². The van der Waals surface area contributed by atoms with Crippen LogP contribution in [0.25, 0.3) is 0 Å². The Bertz CT molecular complexity index is 800. The summed E-state index contributed by atoms with van der Waals surface area (Å²) in [7, 11) is 0. The van der Waals surface area contributed by atoms with E-state index in [2.05, 4.69) is 21.3 Å². The highest BCUT2D eigenvalue weighted by Crippen LogP contribution is 2.16. The molecule has 0 spiro atoms. The molecule has 0 aliphatic carbocycles. The molecule has 6 N–H and O–H groups in total. The van der Waals surface area contributed by atoms with Crippen LogP contribution in [-0.4, -0.2) is 77.0 Å². The van der Waals surface area contributed by atoms with Crippen molar-refractivity contribution in [3.05, 3.63) is 0 Å². The minimum atomic E-state index is -1.12. The zero-order valence-electron chi connectivity index (χ0n) is 26.8. The minimum Gasteiger partial charge on any atom is -0.444 e. The van der Waals surface area contributed by atoms with Crippen LogP contribution in [0.1, 0.15) is 107 Å². The first-order valence-electron chi connectivity index (χ1n) is 15.2. The first kappa shape index (κ1) is 38.6. The van der Waals surface area contributed by atoms with E-state index in [4.69, 9.17) is 9.84 Å². The fourth-order valence-corrected chi connectivity index (χ4v) is 4.22. The molecular formula is C30H58N4O7. The van der Waals surface area contributed by atoms with E-state index in [9.17, 15) is 24.3 Å². The predicted molar refractivity (Wildman–Crippen MR) is 160 cm³/mol. The molecule has 0 radical (unpaired) electrons. The molecule has 6 atom stereocenters. The molecule has 4 amide bonds. The average Bonchev–Trinajstić information content (AvgIpc) is 2.87.